The maximum Gasteiger partial charge on any atom is 0.315 e. The van der Waals surface area contributed by atoms with Gasteiger partial charge in [0, 0.05) is 6.07 Å². The SMILES string of the molecule is CCCCC(CC)C(=O)Oc1cc(C(C)C)nn1-c1ccccc1C. The molecule has 4 nitrogen and oxygen atoms in total. The summed E-state index contributed by atoms with van der Waals surface area (Å²) in [6.45, 7) is 10.4. The summed E-state index contributed by atoms with van der Waals surface area (Å²) >= 11 is 0. The second kappa shape index (κ2) is 8.84. The van der Waals surface area contributed by atoms with Crippen molar-refractivity contribution in [3.63, 3.8) is 0 Å². The van der Waals surface area contributed by atoms with Crippen LogP contribution in [0.4, 0.5) is 0 Å². The van der Waals surface area contributed by atoms with Crippen molar-refractivity contribution < 1.29 is 9.53 Å². The van der Waals surface area contributed by atoms with Crippen LogP contribution in [0.3, 0.4) is 0 Å². The first-order valence-corrected chi connectivity index (χ1v) is 9.35. The van der Waals surface area contributed by atoms with Crippen LogP contribution in [0.1, 0.15) is 70.6 Å². The Kier molecular flexibility index (Phi) is 6.80. The molecule has 2 rings (SSSR count). The van der Waals surface area contributed by atoms with Gasteiger partial charge in [-0.25, -0.2) is 4.68 Å². The molecule has 1 heterocycles. The van der Waals surface area contributed by atoms with Crippen molar-refractivity contribution in [2.24, 2.45) is 5.92 Å². The normalized spacial score (nSPS) is 12.4. The monoisotopic (exact) mass is 342 g/mol. The highest BCUT2D eigenvalue weighted by Gasteiger charge is 2.22. The first kappa shape index (κ1) is 19.2. The van der Waals surface area contributed by atoms with Gasteiger partial charge in [-0.1, -0.05) is 58.7 Å². The van der Waals surface area contributed by atoms with Crippen molar-refractivity contribution in [1.29, 1.82) is 0 Å². The van der Waals surface area contributed by atoms with E-state index in [1.165, 1.54) is 0 Å². The number of aromatic nitrogens is 2. The van der Waals surface area contributed by atoms with Gasteiger partial charge in [-0.2, -0.15) is 5.10 Å². The Balaban J connectivity index is 2.33. The first-order valence-electron chi connectivity index (χ1n) is 9.35. The number of ether oxygens (including phenoxy) is 1. The van der Waals surface area contributed by atoms with E-state index in [2.05, 4.69) is 25.9 Å². The van der Waals surface area contributed by atoms with Crippen molar-refractivity contribution in [1.82, 2.24) is 9.78 Å². The average molecular weight is 342 g/mol. The van der Waals surface area contributed by atoms with Gasteiger partial charge in [-0.15, -0.1) is 0 Å². The number of esters is 1. The fraction of sp³-hybridized carbons (Fsp3) is 0.524. The number of rotatable bonds is 8. The maximum atomic E-state index is 12.6. The Hall–Kier alpha value is -2.10. The number of carbonyl (C=O) groups is 1. The Morgan fingerprint density at radius 3 is 2.56 bits per heavy atom. The molecular weight excluding hydrogens is 312 g/mol. The Morgan fingerprint density at radius 2 is 1.96 bits per heavy atom. The number of benzene rings is 1. The minimum Gasteiger partial charge on any atom is -0.407 e. The van der Waals surface area contributed by atoms with Crippen LogP contribution in [0, 0.1) is 12.8 Å². The van der Waals surface area contributed by atoms with Crippen LogP contribution in [0.5, 0.6) is 5.88 Å². The molecule has 0 N–H and O–H groups in total. The summed E-state index contributed by atoms with van der Waals surface area (Å²) in [4.78, 5) is 12.6. The summed E-state index contributed by atoms with van der Waals surface area (Å²) in [5, 5.41) is 4.68. The molecule has 0 saturated carbocycles. The van der Waals surface area contributed by atoms with Crippen LogP contribution in [-0.2, 0) is 4.79 Å². The van der Waals surface area contributed by atoms with E-state index in [0.717, 1.165) is 42.6 Å². The Bertz CT molecular complexity index is 704. The second-order valence-electron chi connectivity index (χ2n) is 6.93. The van der Waals surface area contributed by atoms with Gasteiger partial charge in [0.15, 0.2) is 0 Å². The van der Waals surface area contributed by atoms with Gasteiger partial charge in [0.25, 0.3) is 0 Å². The van der Waals surface area contributed by atoms with Gasteiger partial charge < -0.3 is 4.74 Å². The predicted octanol–water partition coefficient (Wildman–Crippen LogP) is 5.43. The molecule has 1 aromatic carbocycles. The molecule has 1 atom stereocenters. The molecule has 0 aliphatic heterocycles. The molecule has 0 fully saturated rings. The molecule has 1 aromatic heterocycles. The minimum absolute atomic E-state index is 0.0531. The number of hydrogen-bond donors (Lipinski definition) is 0. The lowest BCUT2D eigenvalue weighted by molar-refractivity contribution is -0.139. The van der Waals surface area contributed by atoms with Gasteiger partial charge >= 0.3 is 5.97 Å². The molecule has 1 unspecified atom stereocenters. The summed E-state index contributed by atoms with van der Waals surface area (Å²) in [7, 11) is 0. The lowest BCUT2D eigenvalue weighted by Gasteiger charge is -2.15. The van der Waals surface area contributed by atoms with E-state index in [0.29, 0.717) is 5.88 Å². The van der Waals surface area contributed by atoms with Crippen molar-refractivity contribution in [2.45, 2.75) is 66.2 Å². The third-order valence-electron chi connectivity index (χ3n) is 4.57. The van der Waals surface area contributed by atoms with Crippen molar-refractivity contribution in [3.8, 4) is 11.6 Å². The van der Waals surface area contributed by atoms with Crippen LogP contribution in [-0.4, -0.2) is 15.7 Å². The summed E-state index contributed by atoms with van der Waals surface area (Å²) in [5.41, 5.74) is 2.96. The zero-order valence-electron chi connectivity index (χ0n) is 16.1. The molecule has 136 valence electrons. The highest BCUT2D eigenvalue weighted by atomic mass is 16.5. The van der Waals surface area contributed by atoms with Gasteiger partial charge in [0.1, 0.15) is 0 Å². The van der Waals surface area contributed by atoms with E-state index in [9.17, 15) is 4.79 Å². The van der Waals surface area contributed by atoms with E-state index in [1.807, 2.05) is 44.2 Å². The fourth-order valence-electron chi connectivity index (χ4n) is 2.84. The van der Waals surface area contributed by atoms with E-state index >= 15 is 0 Å². The minimum atomic E-state index is -0.152. The lowest BCUT2D eigenvalue weighted by Crippen LogP contribution is -2.21. The smallest absolute Gasteiger partial charge is 0.315 e. The quantitative estimate of drug-likeness (QED) is 0.601. The summed E-state index contributed by atoms with van der Waals surface area (Å²) in [6, 6.07) is 9.89. The van der Waals surface area contributed by atoms with Crippen LogP contribution >= 0.6 is 0 Å². The van der Waals surface area contributed by atoms with E-state index < -0.39 is 0 Å². The number of carbonyl (C=O) groups excluding carboxylic acids is 1. The van der Waals surface area contributed by atoms with Crippen molar-refractivity contribution >= 4 is 5.97 Å². The molecule has 0 radical (unpaired) electrons. The van der Waals surface area contributed by atoms with Crippen LogP contribution in [0.2, 0.25) is 0 Å². The molecule has 0 aliphatic carbocycles. The first-order chi connectivity index (χ1) is 12.0. The largest absolute Gasteiger partial charge is 0.407 e. The molecular formula is C21H30N2O2. The fourth-order valence-corrected chi connectivity index (χ4v) is 2.84. The number of aryl methyl sites for hydroxylation is 1. The summed E-state index contributed by atoms with van der Waals surface area (Å²) in [6.07, 6.45) is 3.81. The third kappa shape index (κ3) is 4.71. The van der Waals surface area contributed by atoms with Gasteiger partial charge in [-0.3, -0.25) is 4.79 Å². The Labute approximate surface area is 151 Å². The molecule has 0 saturated heterocycles. The van der Waals surface area contributed by atoms with Crippen molar-refractivity contribution in [3.05, 3.63) is 41.6 Å². The van der Waals surface area contributed by atoms with Gasteiger partial charge in [0.05, 0.1) is 17.3 Å². The van der Waals surface area contributed by atoms with Gasteiger partial charge in [-0.05, 0) is 37.3 Å². The zero-order valence-corrected chi connectivity index (χ0v) is 16.1. The maximum absolute atomic E-state index is 12.6. The molecule has 0 spiro atoms. The second-order valence-corrected chi connectivity index (χ2v) is 6.93. The average Bonchev–Trinajstić information content (AvgIpc) is 3.00. The van der Waals surface area contributed by atoms with Crippen molar-refractivity contribution in [2.75, 3.05) is 0 Å². The van der Waals surface area contributed by atoms with Gasteiger partial charge in [0.2, 0.25) is 5.88 Å². The molecule has 4 heteroatoms. The topological polar surface area (TPSA) is 44.1 Å². The Morgan fingerprint density at radius 1 is 1.24 bits per heavy atom. The highest BCUT2D eigenvalue weighted by Crippen LogP contribution is 2.27. The zero-order chi connectivity index (χ0) is 18.4. The van der Waals surface area contributed by atoms with Crippen LogP contribution in [0.25, 0.3) is 5.69 Å². The molecule has 0 amide bonds. The third-order valence-corrected chi connectivity index (χ3v) is 4.57. The molecule has 0 aliphatic rings. The molecule has 0 bridgehead atoms. The summed E-state index contributed by atoms with van der Waals surface area (Å²) < 4.78 is 7.56. The standard InChI is InChI=1S/C21H30N2O2/c1-6-8-12-17(7-2)21(24)25-20-14-18(15(3)4)22-23(20)19-13-10-9-11-16(19)5/h9-11,13-15,17H,6-8,12H2,1-5H3. The highest BCUT2D eigenvalue weighted by molar-refractivity contribution is 5.75. The van der Waals surface area contributed by atoms with Crippen LogP contribution in [0.15, 0.2) is 30.3 Å². The van der Waals surface area contributed by atoms with E-state index in [1.54, 1.807) is 4.68 Å². The predicted molar refractivity (Wildman–Crippen MR) is 101 cm³/mol. The lowest BCUT2D eigenvalue weighted by atomic mass is 10.00. The van der Waals surface area contributed by atoms with Crippen LogP contribution < -0.4 is 4.74 Å². The number of nitrogens with zero attached hydrogens (tertiary/aromatic N) is 2. The number of unbranched alkanes of at least 4 members (excludes halogenated alkanes) is 1. The van der Waals surface area contributed by atoms with E-state index in [4.69, 9.17) is 4.74 Å². The molecule has 2 aromatic rings. The number of para-hydroxylation sites is 1. The summed E-state index contributed by atoms with van der Waals surface area (Å²) in [5.74, 6) is 0.575. The van der Waals surface area contributed by atoms with E-state index in [-0.39, 0.29) is 17.8 Å². The number of hydrogen-bond acceptors (Lipinski definition) is 3. The molecule has 25 heavy (non-hydrogen) atoms.